The molecule has 1 amide bonds. The number of carbonyl (C=O) groups excluding carboxylic acids is 1. The molecule has 0 aromatic heterocycles. The summed E-state index contributed by atoms with van der Waals surface area (Å²) < 4.78 is 28.2. The average Bonchev–Trinajstić information content (AvgIpc) is 3.15. The standard InChI is InChI=1S/C21H26N2O3S/c1-16-11-13-19(14-12-16)27(25,26)23-20(15-17-7-3-2-4-8-17)21(24)22-18-9-5-6-10-18/h2-4,7-8,11-14,18,20,23H,5-6,9-10,15H2,1H3,(H,22,24)/t20-/m1/s1. The molecular weight excluding hydrogens is 360 g/mol. The van der Waals surface area contributed by atoms with Crippen LogP contribution in [-0.4, -0.2) is 26.4 Å². The second-order valence-electron chi connectivity index (χ2n) is 7.17. The summed E-state index contributed by atoms with van der Waals surface area (Å²) in [4.78, 5) is 13.0. The minimum atomic E-state index is -3.79. The molecule has 27 heavy (non-hydrogen) atoms. The SMILES string of the molecule is Cc1ccc(S(=O)(=O)N[C@H](Cc2ccccc2)C(=O)NC2CCCC2)cc1. The van der Waals surface area contributed by atoms with Crippen LogP contribution in [0.1, 0.15) is 36.8 Å². The molecule has 5 nitrogen and oxygen atoms in total. The molecule has 0 spiro atoms. The maximum absolute atomic E-state index is 12.8. The van der Waals surface area contributed by atoms with E-state index >= 15 is 0 Å². The molecule has 0 bridgehead atoms. The van der Waals surface area contributed by atoms with Crippen molar-refractivity contribution in [2.75, 3.05) is 0 Å². The summed E-state index contributed by atoms with van der Waals surface area (Å²) in [5, 5.41) is 3.02. The lowest BCUT2D eigenvalue weighted by Crippen LogP contribution is -2.50. The van der Waals surface area contributed by atoms with E-state index in [0.717, 1.165) is 36.8 Å². The molecule has 144 valence electrons. The number of benzene rings is 2. The molecular formula is C21H26N2O3S. The van der Waals surface area contributed by atoms with Crippen LogP contribution in [0.4, 0.5) is 0 Å². The van der Waals surface area contributed by atoms with E-state index in [4.69, 9.17) is 0 Å². The first-order valence-electron chi connectivity index (χ1n) is 9.37. The second-order valence-corrected chi connectivity index (χ2v) is 8.88. The Kier molecular flexibility index (Phi) is 6.29. The molecule has 0 heterocycles. The molecule has 0 saturated heterocycles. The zero-order chi connectivity index (χ0) is 19.3. The predicted octanol–water partition coefficient (Wildman–Crippen LogP) is 2.94. The normalized spacial score (nSPS) is 16.2. The highest BCUT2D eigenvalue weighted by molar-refractivity contribution is 7.89. The van der Waals surface area contributed by atoms with Crippen molar-refractivity contribution in [3.05, 3.63) is 65.7 Å². The fourth-order valence-electron chi connectivity index (χ4n) is 3.38. The molecule has 6 heteroatoms. The molecule has 1 fully saturated rings. The van der Waals surface area contributed by atoms with E-state index in [2.05, 4.69) is 10.0 Å². The first-order chi connectivity index (χ1) is 12.9. The van der Waals surface area contributed by atoms with Crippen LogP contribution < -0.4 is 10.0 Å². The molecule has 3 rings (SSSR count). The largest absolute Gasteiger partial charge is 0.352 e. The Balaban J connectivity index is 1.79. The van der Waals surface area contributed by atoms with Gasteiger partial charge in [0, 0.05) is 6.04 Å². The van der Waals surface area contributed by atoms with E-state index in [-0.39, 0.29) is 16.8 Å². The molecule has 0 unspecified atom stereocenters. The van der Waals surface area contributed by atoms with Crippen LogP contribution in [0.3, 0.4) is 0 Å². The molecule has 1 aliphatic rings. The summed E-state index contributed by atoms with van der Waals surface area (Å²) in [6.45, 7) is 1.90. The summed E-state index contributed by atoms with van der Waals surface area (Å²) >= 11 is 0. The first kappa shape index (κ1) is 19.6. The van der Waals surface area contributed by atoms with E-state index in [1.54, 1.807) is 24.3 Å². The molecule has 0 radical (unpaired) electrons. The summed E-state index contributed by atoms with van der Waals surface area (Å²) in [6, 6.07) is 15.4. The Hall–Kier alpha value is -2.18. The molecule has 1 saturated carbocycles. The van der Waals surface area contributed by atoms with Gasteiger partial charge in [0.15, 0.2) is 0 Å². The van der Waals surface area contributed by atoms with Gasteiger partial charge in [-0.3, -0.25) is 4.79 Å². The van der Waals surface area contributed by atoms with E-state index in [1.807, 2.05) is 37.3 Å². The topological polar surface area (TPSA) is 75.3 Å². The number of hydrogen-bond donors (Lipinski definition) is 2. The number of rotatable bonds is 7. The maximum Gasteiger partial charge on any atom is 0.241 e. The summed E-state index contributed by atoms with van der Waals surface area (Å²) in [5.74, 6) is -0.263. The minimum absolute atomic E-state index is 0.139. The predicted molar refractivity (Wildman–Crippen MR) is 106 cm³/mol. The lowest BCUT2D eigenvalue weighted by Gasteiger charge is -2.21. The van der Waals surface area contributed by atoms with Gasteiger partial charge >= 0.3 is 0 Å². The third-order valence-electron chi connectivity index (χ3n) is 4.93. The first-order valence-corrected chi connectivity index (χ1v) is 10.9. The van der Waals surface area contributed by atoms with Crippen molar-refractivity contribution in [3.8, 4) is 0 Å². The number of sulfonamides is 1. The van der Waals surface area contributed by atoms with Crippen LogP contribution in [0.25, 0.3) is 0 Å². The lowest BCUT2D eigenvalue weighted by molar-refractivity contribution is -0.123. The Bertz CT molecular complexity index is 858. The van der Waals surface area contributed by atoms with Gasteiger partial charge in [-0.05, 0) is 43.9 Å². The van der Waals surface area contributed by atoms with Crippen LogP contribution in [-0.2, 0) is 21.2 Å². The molecule has 1 aliphatic carbocycles. The van der Waals surface area contributed by atoms with Crippen LogP contribution in [0.15, 0.2) is 59.5 Å². The van der Waals surface area contributed by atoms with Crippen molar-refractivity contribution in [1.29, 1.82) is 0 Å². The molecule has 0 aliphatic heterocycles. The third-order valence-corrected chi connectivity index (χ3v) is 6.42. The lowest BCUT2D eigenvalue weighted by atomic mass is 10.1. The molecule has 2 aromatic rings. The smallest absolute Gasteiger partial charge is 0.241 e. The maximum atomic E-state index is 12.8. The fraction of sp³-hybridized carbons (Fsp3) is 0.381. The summed E-state index contributed by atoms with van der Waals surface area (Å²) in [7, 11) is -3.79. The Labute approximate surface area is 161 Å². The number of aryl methyl sites for hydroxylation is 1. The fourth-order valence-corrected chi connectivity index (χ4v) is 4.58. The van der Waals surface area contributed by atoms with Crippen LogP contribution in [0, 0.1) is 6.92 Å². The Morgan fingerprint density at radius 2 is 1.67 bits per heavy atom. The third kappa shape index (κ3) is 5.40. The van der Waals surface area contributed by atoms with Gasteiger partial charge in [0.25, 0.3) is 0 Å². The van der Waals surface area contributed by atoms with Gasteiger partial charge in [0.1, 0.15) is 6.04 Å². The molecule has 1 atom stereocenters. The number of hydrogen-bond acceptors (Lipinski definition) is 3. The van der Waals surface area contributed by atoms with Crippen molar-refractivity contribution < 1.29 is 13.2 Å². The average molecular weight is 387 g/mol. The van der Waals surface area contributed by atoms with E-state index in [9.17, 15) is 13.2 Å². The highest BCUT2D eigenvalue weighted by Gasteiger charge is 2.28. The van der Waals surface area contributed by atoms with Crippen LogP contribution in [0.5, 0.6) is 0 Å². The zero-order valence-electron chi connectivity index (χ0n) is 15.5. The number of amides is 1. The van der Waals surface area contributed by atoms with Gasteiger partial charge in [-0.25, -0.2) is 8.42 Å². The van der Waals surface area contributed by atoms with Gasteiger partial charge in [-0.1, -0.05) is 60.9 Å². The van der Waals surface area contributed by atoms with Gasteiger partial charge in [-0.15, -0.1) is 0 Å². The van der Waals surface area contributed by atoms with Gasteiger partial charge in [-0.2, -0.15) is 4.72 Å². The van der Waals surface area contributed by atoms with Crippen molar-refractivity contribution in [2.24, 2.45) is 0 Å². The van der Waals surface area contributed by atoms with Crippen molar-refractivity contribution >= 4 is 15.9 Å². The van der Waals surface area contributed by atoms with E-state index in [1.165, 1.54) is 0 Å². The quantitative estimate of drug-likeness (QED) is 0.768. The Morgan fingerprint density at radius 3 is 2.30 bits per heavy atom. The minimum Gasteiger partial charge on any atom is -0.352 e. The molecule has 2 aromatic carbocycles. The zero-order valence-corrected chi connectivity index (χ0v) is 16.3. The second kappa shape index (κ2) is 8.67. The monoisotopic (exact) mass is 386 g/mol. The van der Waals surface area contributed by atoms with E-state index in [0.29, 0.717) is 6.42 Å². The van der Waals surface area contributed by atoms with Crippen LogP contribution in [0.2, 0.25) is 0 Å². The van der Waals surface area contributed by atoms with Crippen molar-refractivity contribution in [1.82, 2.24) is 10.0 Å². The summed E-state index contributed by atoms with van der Waals surface area (Å²) in [5.41, 5.74) is 1.89. The van der Waals surface area contributed by atoms with Crippen molar-refractivity contribution in [2.45, 2.75) is 56.0 Å². The van der Waals surface area contributed by atoms with Gasteiger partial charge in [0.05, 0.1) is 4.90 Å². The summed E-state index contributed by atoms with van der Waals surface area (Å²) in [6.07, 6.45) is 4.42. The molecule has 2 N–H and O–H groups in total. The number of carbonyl (C=O) groups is 1. The van der Waals surface area contributed by atoms with Crippen LogP contribution >= 0.6 is 0 Å². The Morgan fingerprint density at radius 1 is 1.04 bits per heavy atom. The van der Waals surface area contributed by atoms with Gasteiger partial charge in [0.2, 0.25) is 15.9 Å². The highest BCUT2D eigenvalue weighted by Crippen LogP contribution is 2.18. The highest BCUT2D eigenvalue weighted by atomic mass is 32.2. The number of nitrogens with one attached hydrogen (secondary N) is 2. The van der Waals surface area contributed by atoms with E-state index < -0.39 is 16.1 Å². The van der Waals surface area contributed by atoms with Crippen molar-refractivity contribution in [3.63, 3.8) is 0 Å². The van der Waals surface area contributed by atoms with Gasteiger partial charge < -0.3 is 5.32 Å².